The van der Waals surface area contributed by atoms with E-state index >= 15 is 0 Å². The topological polar surface area (TPSA) is 37.8 Å². The molecule has 2 rings (SSSR count). The Morgan fingerprint density at radius 2 is 1.94 bits per heavy atom. The maximum absolute atomic E-state index is 4.09. The molecular formula is C12H12BrN3. The Hall–Kier alpha value is -1.42. The van der Waals surface area contributed by atoms with Gasteiger partial charge in [0.1, 0.15) is 0 Å². The van der Waals surface area contributed by atoms with Crippen LogP contribution in [0.3, 0.4) is 0 Å². The smallest absolute Gasteiger partial charge is 0.0538 e. The number of rotatable bonds is 4. The second kappa shape index (κ2) is 5.61. The van der Waals surface area contributed by atoms with E-state index in [-0.39, 0.29) is 0 Å². The van der Waals surface area contributed by atoms with E-state index in [9.17, 15) is 0 Å². The van der Waals surface area contributed by atoms with Gasteiger partial charge in [0, 0.05) is 29.6 Å². The van der Waals surface area contributed by atoms with Crippen LogP contribution in [0.25, 0.3) is 0 Å². The molecule has 0 saturated carbocycles. The Balaban J connectivity index is 1.85. The molecule has 0 unspecified atom stereocenters. The van der Waals surface area contributed by atoms with Crippen LogP contribution in [0.15, 0.2) is 47.5 Å². The molecule has 0 aliphatic rings. The van der Waals surface area contributed by atoms with Gasteiger partial charge in [0.15, 0.2) is 0 Å². The molecule has 0 saturated heterocycles. The minimum atomic E-state index is 0.891. The summed E-state index contributed by atoms with van der Waals surface area (Å²) in [6.45, 7) is 0.891. The van der Waals surface area contributed by atoms with Crippen LogP contribution in [0.5, 0.6) is 0 Å². The summed E-state index contributed by atoms with van der Waals surface area (Å²) in [5.41, 5.74) is 2.31. The fourth-order valence-corrected chi connectivity index (χ4v) is 1.77. The van der Waals surface area contributed by atoms with Crippen LogP contribution in [0, 0.1) is 0 Å². The highest BCUT2D eigenvalue weighted by Gasteiger charge is 1.95. The molecule has 0 amide bonds. The van der Waals surface area contributed by atoms with Gasteiger partial charge in [-0.1, -0.05) is 0 Å². The van der Waals surface area contributed by atoms with Gasteiger partial charge in [-0.3, -0.25) is 9.97 Å². The zero-order chi connectivity index (χ0) is 11.2. The van der Waals surface area contributed by atoms with Crippen LogP contribution >= 0.6 is 15.9 Å². The number of pyridine rings is 2. The highest BCUT2D eigenvalue weighted by molar-refractivity contribution is 9.10. The number of halogens is 1. The Morgan fingerprint density at radius 1 is 1.12 bits per heavy atom. The maximum Gasteiger partial charge on any atom is 0.0538 e. The number of aromatic nitrogens is 2. The summed E-state index contributed by atoms with van der Waals surface area (Å²) in [4.78, 5) is 8.08. The lowest BCUT2D eigenvalue weighted by atomic mass is 10.2. The standard InChI is InChI=1S/C12H12BrN3/c13-11-7-12(9-15-8-11)16-6-3-10-1-4-14-5-2-10/h1-2,4-5,7-9,16H,3,6H2. The molecule has 0 radical (unpaired) electrons. The van der Waals surface area contributed by atoms with Crippen LogP contribution in [0.4, 0.5) is 5.69 Å². The van der Waals surface area contributed by atoms with Gasteiger partial charge >= 0.3 is 0 Å². The third kappa shape index (κ3) is 3.31. The Labute approximate surface area is 103 Å². The minimum Gasteiger partial charge on any atom is -0.383 e. The molecule has 1 N–H and O–H groups in total. The molecule has 0 bridgehead atoms. The molecule has 0 aromatic carbocycles. The number of nitrogens with one attached hydrogen (secondary N) is 1. The van der Waals surface area contributed by atoms with Gasteiger partial charge < -0.3 is 5.32 Å². The highest BCUT2D eigenvalue weighted by atomic mass is 79.9. The van der Waals surface area contributed by atoms with Crippen LogP contribution in [-0.2, 0) is 6.42 Å². The average Bonchev–Trinajstić information content (AvgIpc) is 2.30. The average molecular weight is 278 g/mol. The van der Waals surface area contributed by atoms with Crippen molar-refractivity contribution in [3.63, 3.8) is 0 Å². The molecule has 2 aromatic rings. The van der Waals surface area contributed by atoms with Crippen LogP contribution in [-0.4, -0.2) is 16.5 Å². The monoisotopic (exact) mass is 277 g/mol. The van der Waals surface area contributed by atoms with Crippen molar-refractivity contribution in [3.8, 4) is 0 Å². The van der Waals surface area contributed by atoms with Gasteiger partial charge in [0.2, 0.25) is 0 Å². The highest BCUT2D eigenvalue weighted by Crippen LogP contribution is 2.13. The number of hydrogen-bond acceptors (Lipinski definition) is 3. The third-order valence-corrected chi connectivity index (χ3v) is 2.63. The van der Waals surface area contributed by atoms with Gasteiger partial charge in [0.25, 0.3) is 0 Å². The predicted molar refractivity (Wildman–Crippen MR) is 68.4 cm³/mol. The van der Waals surface area contributed by atoms with Crippen LogP contribution in [0.1, 0.15) is 5.56 Å². The van der Waals surface area contributed by atoms with Crippen molar-refractivity contribution in [3.05, 3.63) is 53.0 Å². The van der Waals surface area contributed by atoms with E-state index in [0.29, 0.717) is 0 Å². The van der Waals surface area contributed by atoms with Gasteiger partial charge in [-0.25, -0.2) is 0 Å². The van der Waals surface area contributed by atoms with Crippen molar-refractivity contribution in [1.29, 1.82) is 0 Å². The lowest BCUT2D eigenvalue weighted by molar-refractivity contribution is 1.01. The van der Waals surface area contributed by atoms with Crippen molar-refractivity contribution in [2.24, 2.45) is 0 Å². The predicted octanol–water partition coefficient (Wildman–Crippen LogP) is 2.89. The first-order valence-corrected chi connectivity index (χ1v) is 5.87. The zero-order valence-electron chi connectivity index (χ0n) is 8.73. The summed E-state index contributed by atoms with van der Waals surface area (Å²) in [5.74, 6) is 0. The van der Waals surface area contributed by atoms with Crippen LogP contribution in [0.2, 0.25) is 0 Å². The summed E-state index contributed by atoms with van der Waals surface area (Å²) < 4.78 is 0.987. The first-order valence-electron chi connectivity index (χ1n) is 5.08. The lowest BCUT2D eigenvalue weighted by Crippen LogP contribution is -2.04. The van der Waals surface area contributed by atoms with E-state index in [2.05, 4.69) is 31.2 Å². The second-order valence-electron chi connectivity index (χ2n) is 3.42. The van der Waals surface area contributed by atoms with Gasteiger partial charge in [-0.05, 0) is 46.1 Å². The molecule has 4 heteroatoms. The van der Waals surface area contributed by atoms with E-state index < -0.39 is 0 Å². The first-order chi connectivity index (χ1) is 7.84. The maximum atomic E-state index is 4.09. The van der Waals surface area contributed by atoms with E-state index in [1.165, 1.54) is 5.56 Å². The number of anilines is 1. The largest absolute Gasteiger partial charge is 0.383 e. The fourth-order valence-electron chi connectivity index (χ4n) is 1.41. The van der Waals surface area contributed by atoms with Gasteiger partial charge in [-0.15, -0.1) is 0 Å². The minimum absolute atomic E-state index is 0.891. The molecule has 0 atom stereocenters. The molecule has 2 aromatic heterocycles. The molecular weight excluding hydrogens is 266 g/mol. The molecule has 0 spiro atoms. The summed E-state index contributed by atoms with van der Waals surface area (Å²) in [7, 11) is 0. The molecule has 16 heavy (non-hydrogen) atoms. The first kappa shape index (κ1) is 11.1. The number of hydrogen-bond donors (Lipinski definition) is 1. The molecule has 0 aliphatic carbocycles. The SMILES string of the molecule is Brc1cncc(NCCc2ccncc2)c1. The van der Waals surface area contributed by atoms with Gasteiger partial charge in [-0.2, -0.15) is 0 Å². The zero-order valence-corrected chi connectivity index (χ0v) is 10.3. The molecule has 0 fully saturated rings. The van der Waals surface area contributed by atoms with E-state index in [0.717, 1.165) is 23.1 Å². The molecule has 0 aliphatic heterocycles. The van der Waals surface area contributed by atoms with Crippen molar-refractivity contribution >= 4 is 21.6 Å². The van der Waals surface area contributed by atoms with Crippen molar-refractivity contribution in [2.45, 2.75) is 6.42 Å². The quantitative estimate of drug-likeness (QED) is 0.934. The molecule has 82 valence electrons. The Morgan fingerprint density at radius 3 is 2.69 bits per heavy atom. The normalized spacial score (nSPS) is 10.1. The third-order valence-electron chi connectivity index (χ3n) is 2.20. The second-order valence-corrected chi connectivity index (χ2v) is 4.34. The molecule has 3 nitrogen and oxygen atoms in total. The van der Waals surface area contributed by atoms with Crippen molar-refractivity contribution < 1.29 is 0 Å². The van der Waals surface area contributed by atoms with E-state index in [1.54, 1.807) is 6.20 Å². The fraction of sp³-hybridized carbons (Fsp3) is 0.167. The summed E-state index contributed by atoms with van der Waals surface area (Å²) in [5, 5.41) is 3.32. The summed E-state index contributed by atoms with van der Waals surface area (Å²) >= 11 is 3.39. The van der Waals surface area contributed by atoms with E-state index in [1.807, 2.05) is 36.8 Å². The summed E-state index contributed by atoms with van der Waals surface area (Å²) in [6, 6.07) is 6.07. The molecule has 2 heterocycles. The Kier molecular flexibility index (Phi) is 3.88. The summed E-state index contributed by atoms with van der Waals surface area (Å²) in [6.07, 6.45) is 8.20. The van der Waals surface area contributed by atoms with Crippen molar-refractivity contribution in [1.82, 2.24) is 9.97 Å². The lowest BCUT2D eigenvalue weighted by Gasteiger charge is -2.05. The van der Waals surface area contributed by atoms with Crippen molar-refractivity contribution in [2.75, 3.05) is 11.9 Å². The van der Waals surface area contributed by atoms with Gasteiger partial charge in [0.05, 0.1) is 11.9 Å². The van der Waals surface area contributed by atoms with E-state index in [4.69, 9.17) is 0 Å². The van der Waals surface area contributed by atoms with Crippen LogP contribution < -0.4 is 5.32 Å². The Bertz CT molecular complexity index is 445. The number of nitrogens with zero attached hydrogens (tertiary/aromatic N) is 2.